The first-order valence-corrected chi connectivity index (χ1v) is 11.4. The van der Waals surface area contributed by atoms with E-state index in [1.54, 1.807) is 12.3 Å². The minimum atomic E-state index is -1.10. The van der Waals surface area contributed by atoms with Crippen molar-refractivity contribution in [2.24, 2.45) is 0 Å². The van der Waals surface area contributed by atoms with E-state index in [2.05, 4.69) is 29.2 Å². The van der Waals surface area contributed by atoms with Gasteiger partial charge in [0.25, 0.3) is 0 Å². The molecule has 0 atom stereocenters. The van der Waals surface area contributed by atoms with Crippen molar-refractivity contribution in [1.29, 1.82) is 0 Å². The highest BCUT2D eigenvalue weighted by molar-refractivity contribution is 6.15. The second-order valence-electron chi connectivity index (χ2n) is 8.60. The summed E-state index contributed by atoms with van der Waals surface area (Å²) in [6, 6.07) is 19.5. The SMILES string of the molecule is COc1c(OC)c2c(ccn2C(=O)OCC2c3ccccc3-c3ccccc32)c2cc(C(=O)O)[nH]c12. The van der Waals surface area contributed by atoms with Crippen LogP contribution in [0.15, 0.2) is 66.9 Å². The summed E-state index contributed by atoms with van der Waals surface area (Å²) in [7, 11) is 2.93. The lowest BCUT2D eigenvalue weighted by Crippen LogP contribution is -2.17. The average molecular weight is 482 g/mol. The van der Waals surface area contributed by atoms with Crippen molar-refractivity contribution in [1.82, 2.24) is 9.55 Å². The molecule has 0 amide bonds. The van der Waals surface area contributed by atoms with E-state index in [0.29, 0.717) is 33.3 Å². The van der Waals surface area contributed by atoms with Crippen molar-refractivity contribution >= 4 is 33.9 Å². The Bertz CT molecular complexity index is 1630. The summed E-state index contributed by atoms with van der Waals surface area (Å²) in [6.07, 6.45) is 1.03. The van der Waals surface area contributed by atoms with Crippen LogP contribution in [0.3, 0.4) is 0 Å². The van der Waals surface area contributed by atoms with E-state index in [1.165, 1.54) is 24.9 Å². The van der Waals surface area contributed by atoms with Gasteiger partial charge in [-0.1, -0.05) is 48.5 Å². The van der Waals surface area contributed by atoms with Gasteiger partial charge in [-0.2, -0.15) is 0 Å². The van der Waals surface area contributed by atoms with E-state index in [9.17, 15) is 14.7 Å². The van der Waals surface area contributed by atoms with E-state index in [4.69, 9.17) is 14.2 Å². The van der Waals surface area contributed by atoms with E-state index < -0.39 is 12.1 Å². The Hall–Kier alpha value is -4.72. The van der Waals surface area contributed by atoms with Crippen molar-refractivity contribution in [2.75, 3.05) is 20.8 Å². The smallest absolute Gasteiger partial charge is 0.418 e. The van der Waals surface area contributed by atoms with Gasteiger partial charge in [0.15, 0.2) is 11.5 Å². The third kappa shape index (κ3) is 3.07. The number of aromatic carboxylic acids is 1. The van der Waals surface area contributed by atoms with Crippen LogP contribution in [0.4, 0.5) is 4.79 Å². The Kier molecular flexibility index (Phi) is 4.96. The number of aromatic nitrogens is 2. The van der Waals surface area contributed by atoms with Crippen LogP contribution >= 0.6 is 0 Å². The Balaban J connectivity index is 1.40. The lowest BCUT2D eigenvalue weighted by Gasteiger charge is -2.16. The number of nitrogens with one attached hydrogen (secondary N) is 1. The van der Waals surface area contributed by atoms with Gasteiger partial charge in [-0.05, 0) is 34.4 Å². The zero-order chi connectivity index (χ0) is 25.0. The zero-order valence-corrected chi connectivity index (χ0v) is 19.6. The van der Waals surface area contributed by atoms with Crippen LogP contribution in [0.2, 0.25) is 0 Å². The third-order valence-electron chi connectivity index (χ3n) is 6.81. The summed E-state index contributed by atoms with van der Waals surface area (Å²) in [4.78, 5) is 27.8. The van der Waals surface area contributed by atoms with E-state index >= 15 is 0 Å². The van der Waals surface area contributed by atoms with E-state index in [1.807, 2.05) is 24.3 Å². The molecule has 0 spiro atoms. The highest BCUT2D eigenvalue weighted by atomic mass is 16.6. The Labute approximate surface area is 205 Å². The number of ether oxygens (including phenoxy) is 3. The highest BCUT2D eigenvalue weighted by Gasteiger charge is 2.30. The molecule has 0 unspecified atom stereocenters. The molecular weight excluding hydrogens is 460 g/mol. The van der Waals surface area contributed by atoms with Gasteiger partial charge in [0.2, 0.25) is 0 Å². The summed E-state index contributed by atoms with van der Waals surface area (Å²) < 4.78 is 18.4. The number of carboxylic acids is 1. The first kappa shape index (κ1) is 21.8. The fourth-order valence-electron chi connectivity index (χ4n) is 5.26. The topological polar surface area (TPSA) is 103 Å². The van der Waals surface area contributed by atoms with Crippen molar-refractivity contribution in [2.45, 2.75) is 5.92 Å². The number of carbonyl (C=O) groups excluding carboxylic acids is 1. The van der Waals surface area contributed by atoms with Crippen LogP contribution in [0, 0.1) is 0 Å². The summed E-state index contributed by atoms with van der Waals surface area (Å²) in [5, 5.41) is 10.7. The number of nitrogens with zero attached hydrogens (tertiary/aromatic N) is 1. The number of methoxy groups -OCH3 is 2. The summed E-state index contributed by atoms with van der Waals surface area (Å²) in [5.74, 6) is -0.568. The quantitative estimate of drug-likeness (QED) is 0.336. The van der Waals surface area contributed by atoms with Gasteiger partial charge in [-0.25, -0.2) is 14.2 Å². The van der Waals surface area contributed by atoms with Crippen molar-refractivity contribution in [3.05, 3.63) is 83.7 Å². The van der Waals surface area contributed by atoms with Crippen LogP contribution in [0.5, 0.6) is 11.5 Å². The van der Waals surface area contributed by atoms with Gasteiger partial charge >= 0.3 is 12.1 Å². The predicted molar refractivity (Wildman–Crippen MR) is 134 cm³/mol. The van der Waals surface area contributed by atoms with Crippen LogP contribution in [0.25, 0.3) is 32.9 Å². The minimum absolute atomic E-state index is 0.00624. The second-order valence-corrected chi connectivity index (χ2v) is 8.60. The normalized spacial score (nSPS) is 12.5. The maximum Gasteiger partial charge on any atom is 0.418 e. The number of rotatable bonds is 5. The Morgan fingerprint density at radius 1 is 0.917 bits per heavy atom. The molecule has 1 aliphatic rings. The van der Waals surface area contributed by atoms with Gasteiger partial charge in [0.1, 0.15) is 17.8 Å². The van der Waals surface area contributed by atoms with E-state index in [-0.39, 0.29) is 18.2 Å². The molecule has 0 bridgehead atoms. The monoisotopic (exact) mass is 482 g/mol. The molecule has 0 radical (unpaired) electrons. The molecule has 36 heavy (non-hydrogen) atoms. The first-order valence-electron chi connectivity index (χ1n) is 11.4. The van der Waals surface area contributed by atoms with Gasteiger partial charge in [-0.3, -0.25) is 0 Å². The number of aromatic amines is 1. The Morgan fingerprint density at radius 3 is 2.17 bits per heavy atom. The molecule has 2 aromatic heterocycles. The molecule has 0 fully saturated rings. The molecular formula is C28H22N2O6. The molecule has 1 aliphatic carbocycles. The molecule has 5 aromatic rings. The molecule has 8 nitrogen and oxygen atoms in total. The van der Waals surface area contributed by atoms with Crippen molar-refractivity contribution in [3.63, 3.8) is 0 Å². The van der Waals surface area contributed by atoms with Gasteiger partial charge in [0.05, 0.1) is 19.7 Å². The molecule has 2 heterocycles. The van der Waals surface area contributed by atoms with Crippen LogP contribution in [0.1, 0.15) is 27.5 Å². The summed E-state index contributed by atoms with van der Waals surface area (Å²) in [5.41, 5.74) is 5.47. The van der Waals surface area contributed by atoms with Gasteiger partial charge < -0.3 is 24.3 Å². The molecule has 0 saturated heterocycles. The minimum Gasteiger partial charge on any atom is -0.491 e. The molecule has 0 saturated carbocycles. The largest absolute Gasteiger partial charge is 0.491 e. The third-order valence-corrected chi connectivity index (χ3v) is 6.81. The number of hydrogen-bond acceptors (Lipinski definition) is 5. The maximum absolute atomic E-state index is 13.4. The van der Waals surface area contributed by atoms with Gasteiger partial charge in [0, 0.05) is 22.9 Å². The fraction of sp³-hybridized carbons (Fsp3) is 0.143. The van der Waals surface area contributed by atoms with Crippen LogP contribution in [-0.2, 0) is 4.74 Å². The molecule has 6 rings (SSSR count). The molecule has 2 N–H and O–H groups in total. The van der Waals surface area contributed by atoms with Crippen molar-refractivity contribution < 1.29 is 28.9 Å². The van der Waals surface area contributed by atoms with E-state index in [0.717, 1.165) is 22.3 Å². The number of benzene rings is 3. The predicted octanol–water partition coefficient (Wildman–Crippen LogP) is 5.64. The maximum atomic E-state index is 13.4. The second kappa shape index (κ2) is 8.20. The molecule has 3 aromatic carbocycles. The standard InChI is InChI=1S/C28H22N2O6/c1-34-25-23-20(13-22(29-23)27(31)32)19-11-12-30(24(19)26(25)35-2)28(33)36-14-21-17-9-5-3-7-15(17)16-8-4-6-10-18(16)21/h3-13,21,29H,14H2,1-2H3,(H,31,32). The van der Waals surface area contributed by atoms with Crippen LogP contribution in [-0.4, -0.2) is 47.5 Å². The average Bonchev–Trinajstić information content (AvgIpc) is 3.60. The number of H-pyrrole nitrogens is 1. The number of hydrogen-bond donors (Lipinski definition) is 2. The summed E-state index contributed by atoms with van der Waals surface area (Å²) in [6.45, 7) is 0.168. The molecule has 180 valence electrons. The zero-order valence-electron chi connectivity index (χ0n) is 19.6. The van der Waals surface area contributed by atoms with Crippen LogP contribution < -0.4 is 9.47 Å². The summed E-state index contributed by atoms with van der Waals surface area (Å²) >= 11 is 0. The molecule has 8 heteroatoms. The molecule has 0 aliphatic heterocycles. The van der Waals surface area contributed by atoms with Gasteiger partial charge in [-0.15, -0.1) is 0 Å². The van der Waals surface area contributed by atoms with Crippen molar-refractivity contribution in [3.8, 4) is 22.6 Å². The Morgan fingerprint density at radius 2 is 1.56 bits per heavy atom. The number of carboxylic acid groups (broad SMARTS) is 1. The highest BCUT2D eigenvalue weighted by Crippen LogP contribution is 2.46. The lowest BCUT2D eigenvalue weighted by molar-refractivity contribution is 0.0691. The number of carbonyl (C=O) groups is 2. The number of fused-ring (bicyclic) bond motifs is 6. The first-order chi connectivity index (χ1) is 17.5. The lowest BCUT2D eigenvalue weighted by atomic mass is 9.98. The fourth-order valence-corrected chi connectivity index (χ4v) is 5.26.